The van der Waals surface area contributed by atoms with Crippen molar-refractivity contribution < 1.29 is 0 Å². The van der Waals surface area contributed by atoms with Crippen LogP contribution in [0.25, 0.3) is 0 Å². The number of nitrogens with one attached hydrogen (secondary N) is 1. The van der Waals surface area contributed by atoms with Crippen LogP contribution in [0.15, 0.2) is 0 Å². The molecule has 100 valence electrons. The van der Waals surface area contributed by atoms with E-state index in [-0.39, 0.29) is 0 Å². The van der Waals surface area contributed by atoms with Crippen LogP contribution in [-0.4, -0.2) is 37.1 Å². The van der Waals surface area contributed by atoms with Crippen molar-refractivity contribution in [3.8, 4) is 0 Å². The third-order valence-corrected chi connectivity index (χ3v) is 5.00. The molecule has 2 saturated carbocycles. The molecular weight excluding hydrogens is 208 g/mol. The fraction of sp³-hybridized carbons (Fsp3) is 1.00. The van der Waals surface area contributed by atoms with Crippen LogP contribution in [-0.2, 0) is 0 Å². The summed E-state index contributed by atoms with van der Waals surface area (Å²) in [5.41, 5.74) is 0. The molecule has 0 aromatic heterocycles. The molecule has 0 aromatic rings. The zero-order valence-corrected chi connectivity index (χ0v) is 11.8. The first kappa shape index (κ1) is 13.4. The Balaban J connectivity index is 1.85. The molecule has 0 spiro atoms. The van der Waals surface area contributed by atoms with E-state index in [1.54, 1.807) is 0 Å². The Hall–Kier alpha value is -0.0800. The topological polar surface area (TPSA) is 15.3 Å². The molecule has 0 aliphatic heterocycles. The van der Waals surface area contributed by atoms with Gasteiger partial charge < -0.3 is 10.2 Å². The third-order valence-electron chi connectivity index (χ3n) is 5.00. The zero-order valence-electron chi connectivity index (χ0n) is 11.8. The van der Waals surface area contributed by atoms with E-state index in [1.807, 2.05) is 0 Å². The van der Waals surface area contributed by atoms with Crippen molar-refractivity contribution in [3.05, 3.63) is 0 Å². The van der Waals surface area contributed by atoms with E-state index in [0.29, 0.717) is 0 Å². The molecule has 17 heavy (non-hydrogen) atoms. The van der Waals surface area contributed by atoms with Gasteiger partial charge in [0.1, 0.15) is 0 Å². The lowest BCUT2D eigenvalue weighted by atomic mass is 9.92. The molecule has 2 aliphatic rings. The van der Waals surface area contributed by atoms with Crippen LogP contribution in [0.5, 0.6) is 0 Å². The Morgan fingerprint density at radius 3 is 2.41 bits per heavy atom. The van der Waals surface area contributed by atoms with Crippen molar-refractivity contribution in [1.29, 1.82) is 0 Å². The van der Waals surface area contributed by atoms with E-state index in [2.05, 4.69) is 24.2 Å². The van der Waals surface area contributed by atoms with Gasteiger partial charge in [0.2, 0.25) is 0 Å². The van der Waals surface area contributed by atoms with E-state index in [4.69, 9.17) is 0 Å². The fourth-order valence-corrected chi connectivity index (χ4v) is 3.92. The second kappa shape index (κ2) is 6.75. The van der Waals surface area contributed by atoms with Crippen LogP contribution >= 0.6 is 0 Å². The lowest BCUT2D eigenvalue weighted by molar-refractivity contribution is 0.134. The van der Waals surface area contributed by atoms with Crippen LogP contribution in [0.1, 0.15) is 58.3 Å². The Kier molecular flexibility index (Phi) is 5.30. The summed E-state index contributed by atoms with van der Waals surface area (Å²) in [7, 11) is 2.14. The number of hydrogen-bond donors (Lipinski definition) is 1. The van der Waals surface area contributed by atoms with Crippen LogP contribution < -0.4 is 5.32 Å². The predicted octanol–water partition coefficient (Wildman–Crippen LogP) is 3.03. The van der Waals surface area contributed by atoms with Gasteiger partial charge in [0.05, 0.1) is 0 Å². The minimum Gasteiger partial charge on any atom is -0.317 e. The third kappa shape index (κ3) is 3.45. The second-order valence-electron chi connectivity index (χ2n) is 5.97. The highest BCUT2D eigenvalue weighted by atomic mass is 15.2. The summed E-state index contributed by atoms with van der Waals surface area (Å²) >= 11 is 0. The Morgan fingerprint density at radius 2 is 1.76 bits per heavy atom. The number of rotatable bonds is 5. The summed E-state index contributed by atoms with van der Waals surface area (Å²) < 4.78 is 0. The van der Waals surface area contributed by atoms with Gasteiger partial charge >= 0.3 is 0 Å². The van der Waals surface area contributed by atoms with Crippen molar-refractivity contribution in [2.24, 2.45) is 5.92 Å². The highest BCUT2D eigenvalue weighted by Gasteiger charge is 2.29. The molecule has 0 radical (unpaired) electrons. The van der Waals surface area contributed by atoms with Gasteiger partial charge in [-0.15, -0.1) is 0 Å². The Bertz CT molecular complexity index is 211. The molecule has 0 bridgehead atoms. The van der Waals surface area contributed by atoms with Gasteiger partial charge in [0, 0.05) is 18.6 Å². The normalized spacial score (nSPS) is 31.2. The van der Waals surface area contributed by atoms with Crippen molar-refractivity contribution in [1.82, 2.24) is 10.2 Å². The van der Waals surface area contributed by atoms with E-state index in [0.717, 1.165) is 18.0 Å². The van der Waals surface area contributed by atoms with E-state index < -0.39 is 0 Å². The van der Waals surface area contributed by atoms with Crippen molar-refractivity contribution in [3.63, 3.8) is 0 Å². The summed E-state index contributed by atoms with van der Waals surface area (Å²) in [6, 6.07) is 1.68. The van der Waals surface area contributed by atoms with E-state index in [1.165, 1.54) is 64.5 Å². The summed E-state index contributed by atoms with van der Waals surface area (Å²) in [5, 5.41) is 3.52. The smallest absolute Gasteiger partial charge is 0.0104 e. The lowest BCUT2D eigenvalue weighted by Gasteiger charge is -2.36. The predicted molar refractivity (Wildman–Crippen MR) is 74.3 cm³/mol. The highest BCUT2D eigenvalue weighted by Crippen LogP contribution is 2.29. The first-order valence-electron chi connectivity index (χ1n) is 7.76. The summed E-state index contributed by atoms with van der Waals surface area (Å²) in [6.45, 7) is 4.93. The van der Waals surface area contributed by atoms with Gasteiger partial charge in [-0.1, -0.05) is 32.6 Å². The molecule has 1 N–H and O–H groups in total. The summed E-state index contributed by atoms with van der Waals surface area (Å²) in [5.74, 6) is 0.905. The lowest BCUT2D eigenvalue weighted by Crippen LogP contribution is -2.43. The van der Waals surface area contributed by atoms with Gasteiger partial charge in [-0.25, -0.2) is 0 Å². The Morgan fingerprint density at radius 1 is 1.00 bits per heavy atom. The molecule has 2 rings (SSSR count). The molecule has 0 heterocycles. The molecule has 2 nitrogen and oxygen atoms in total. The minimum atomic E-state index is 0.785. The quantitative estimate of drug-likeness (QED) is 0.792. The SMILES string of the molecule is CCN(CC1CCCC1NC)C1CCCCC1. The van der Waals surface area contributed by atoms with E-state index >= 15 is 0 Å². The van der Waals surface area contributed by atoms with Crippen LogP contribution in [0, 0.1) is 5.92 Å². The standard InChI is InChI=1S/C15H30N2/c1-3-17(14-9-5-4-6-10-14)12-13-8-7-11-15(13)16-2/h13-16H,3-12H2,1-2H3. The van der Waals surface area contributed by atoms with Crippen LogP contribution in [0.2, 0.25) is 0 Å². The fourth-order valence-electron chi connectivity index (χ4n) is 3.92. The minimum absolute atomic E-state index is 0.785. The number of nitrogens with zero attached hydrogens (tertiary/aromatic N) is 1. The maximum absolute atomic E-state index is 3.52. The highest BCUT2D eigenvalue weighted by molar-refractivity contribution is 4.86. The summed E-state index contributed by atoms with van der Waals surface area (Å²) in [6.07, 6.45) is 11.5. The van der Waals surface area contributed by atoms with Gasteiger partial charge in [-0.05, 0) is 45.2 Å². The molecular formula is C15H30N2. The second-order valence-corrected chi connectivity index (χ2v) is 5.97. The molecule has 0 saturated heterocycles. The van der Waals surface area contributed by atoms with Gasteiger partial charge in [0.15, 0.2) is 0 Å². The molecule has 2 fully saturated rings. The summed E-state index contributed by atoms with van der Waals surface area (Å²) in [4.78, 5) is 2.78. The largest absolute Gasteiger partial charge is 0.317 e. The maximum Gasteiger partial charge on any atom is 0.0104 e. The van der Waals surface area contributed by atoms with Crippen molar-refractivity contribution in [2.45, 2.75) is 70.4 Å². The van der Waals surface area contributed by atoms with Crippen LogP contribution in [0.3, 0.4) is 0 Å². The van der Waals surface area contributed by atoms with Gasteiger partial charge in [-0.3, -0.25) is 0 Å². The first-order chi connectivity index (χ1) is 8.35. The molecule has 2 aliphatic carbocycles. The Labute approximate surface area is 107 Å². The monoisotopic (exact) mass is 238 g/mol. The zero-order chi connectivity index (χ0) is 12.1. The van der Waals surface area contributed by atoms with Crippen molar-refractivity contribution in [2.75, 3.05) is 20.1 Å². The molecule has 2 unspecified atom stereocenters. The van der Waals surface area contributed by atoms with Crippen LogP contribution in [0.4, 0.5) is 0 Å². The first-order valence-corrected chi connectivity index (χ1v) is 7.76. The van der Waals surface area contributed by atoms with Gasteiger partial charge in [0.25, 0.3) is 0 Å². The molecule has 0 amide bonds. The number of hydrogen-bond acceptors (Lipinski definition) is 2. The van der Waals surface area contributed by atoms with E-state index in [9.17, 15) is 0 Å². The molecule has 2 atom stereocenters. The molecule has 2 heteroatoms. The van der Waals surface area contributed by atoms with Gasteiger partial charge in [-0.2, -0.15) is 0 Å². The molecule has 0 aromatic carbocycles. The maximum atomic E-state index is 3.52. The average molecular weight is 238 g/mol. The van der Waals surface area contributed by atoms with Crippen molar-refractivity contribution >= 4 is 0 Å². The average Bonchev–Trinajstić information content (AvgIpc) is 2.84.